The van der Waals surface area contributed by atoms with Gasteiger partial charge in [-0.3, -0.25) is 9.78 Å². The molecule has 0 saturated carbocycles. The molecule has 1 N–H and O–H groups in total. The highest BCUT2D eigenvalue weighted by molar-refractivity contribution is 7.07. The van der Waals surface area contributed by atoms with Crippen LogP contribution in [0.4, 0.5) is 5.69 Å². The lowest BCUT2D eigenvalue weighted by molar-refractivity contribution is 0.0754. The first-order valence-corrected chi connectivity index (χ1v) is 11.5. The van der Waals surface area contributed by atoms with Gasteiger partial charge < -0.3 is 19.9 Å². The third-order valence-electron chi connectivity index (χ3n) is 5.58. The summed E-state index contributed by atoms with van der Waals surface area (Å²) < 4.78 is 6.28. The van der Waals surface area contributed by atoms with E-state index in [1.165, 1.54) is 5.56 Å². The van der Waals surface area contributed by atoms with Gasteiger partial charge in [0.2, 0.25) is 0 Å². The number of hydrogen-bond acceptors (Lipinski definition) is 6. The van der Waals surface area contributed by atoms with Crippen LogP contribution in [-0.4, -0.2) is 49.5 Å². The minimum Gasteiger partial charge on any atom is -0.486 e. The number of hydrogen-bond donors (Lipinski definition) is 1. The molecular weight excluding hydrogens is 408 g/mol. The first kappa shape index (κ1) is 21.3. The molecule has 0 bridgehead atoms. The quantitative estimate of drug-likeness (QED) is 0.579. The largest absolute Gasteiger partial charge is 0.486 e. The van der Waals surface area contributed by atoms with Crippen LogP contribution in [-0.2, 0) is 6.54 Å². The molecule has 4 rings (SSSR count). The van der Waals surface area contributed by atoms with Crippen molar-refractivity contribution in [1.82, 2.24) is 15.2 Å². The molecule has 162 valence electrons. The molecule has 3 aromatic rings. The molecule has 6 nitrogen and oxygen atoms in total. The summed E-state index contributed by atoms with van der Waals surface area (Å²) in [5.41, 5.74) is 3.88. The number of aromatic nitrogens is 1. The maximum atomic E-state index is 13.1. The maximum absolute atomic E-state index is 13.1. The third-order valence-corrected chi connectivity index (χ3v) is 6.28. The van der Waals surface area contributed by atoms with Gasteiger partial charge in [-0.25, -0.2) is 0 Å². The first-order chi connectivity index (χ1) is 15.2. The third kappa shape index (κ3) is 5.06. The van der Waals surface area contributed by atoms with Crippen molar-refractivity contribution in [3.8, 4) is 5.75 Å². The summed E-state index contributed by atoms with van der Waals surface area (Å²) in [5, 5.41) is 7.42. The Morgan fingerprint density at radius 2 is 2.03 bits per heavy atom. The number of benzene rings is 1. The number of carbonyl (C=O) groups is 1. The van der Waals surface area contributed by atoms with E-state index in [1.807, 2.05) is 49.3 Å². The van der Waals surface area contributed by atoms with Crippen molar-refractivity contribution in [2.24, 2.45) is 0 Å². The number of pyridine rings is 1. The predicted octanol–water partition coefficient (Wildman–Crippen LogP) is 3.96. The van der Waals surface area contributed by atoms with Gasteiger partial charge in [-0.15, -0.1) is 0 Å². The molecule has 1 aliphatic heterocycles. The van der Waals surface area contributed by atoms with Gasteiger partial charge in [-0.2, -0.15) is 11.3 Å². The molecule has 7 heteroatoms. The molecule has 1 aromatic carbocycles. The normalized spacial score (nSPS) is 14.8. The molecule has 0 aliphatic carbocycles. The van der Waals surface area contributed by atoms with Crippen molar-refractivity contribution in [3.63, 3.8) is 0 Å². The second kappa shape index (κ2) is 9.94. The summed E-state index contributed by atoms with van der Waals surface area (Å²) in [6, 6.07) is 12.1. The second-order valence-corrected chi connectivity index (χ2v) is 8.52. The topological polar surface area (TPSA) is 57.7 Å². The predicted molar refractivity (Wildman–Crippen MR) is 125 cm³/mol. The van der Waals surface area contributed by atoms with E-state index >= 15 is 0 Å². The number of ether oxygens (including phenoxy) is 1. The fourth-order valence-electron chi connectivity index (χ4n) is 3.78. The Labute approximate surface area is 187 Å². The number of thiophene rings is 1. The fourth-order valence-corrected chi connectivity index (χ4v) is 4.49. The summed E-state index contributed by atoms with van der Waals surface area (Å²) in [7, 11) is 3.97. The van der Waals surface area contributed by atoms with Crippen LogP contribution in [0.25, 0.3) is 0 Å². The second-order valence-electron chi connectivity index (χ2n) is 7.74. The summed E-state index contributed by atoms with van der Waals surface area (Å²) >= 11 is 1.69. The minimum atomic E-state index is 0.0243. The van der Waals surface area contributed by atoms with Gasteiger partial charge in [0.05, 0.1) is 11.3 Å². The Kier molecular flexibility index (Phi) is 6.84. The zero-order chi connectivity index (χ0) is 21.6. The van der Waals surface area contributed by atoms with Crippen LogP contribution >= 0.6 is 11.3 Å². The van der Waals surface area contributed by atoms with Gasteiger partial charge in [0.15, 0.2) is 0 Å². The van der Waals surface area contributed by atoms with E-state index in [0.717, 1.165) is 36.5 Å². The van der Waals surface area contributed by atoms with Crippen LogP contribution in [0.2, 0.25) is 0 Å². The highest BCUT2D eigenvalue weighted by Crippen LogP contribution is 2.27. The van der Waals surface area contributed by atoms with Crippen molar-refractivity contribution in [2.75, 3.05) is 38.6 Å². The van der Waals surface area contributed by atoms with E-state index in [2.05, 4.69) is 32.0 Å². The Bertz CT molecular complexity index is 991. The number of fused-ring (bicyclic) bond motifs is 1. The van der Waals surface area contributed by atoms with Crippen LogP contribution in [0, 0.1) is 0 Å². The summed E-state index contributed by atoms with van der Waals surface area (Å²) in [4.78, 5) is 21.2. The van der Waals surface area contributed by atoms with Gasteiger partial charge in [-0.05, 0) is 54.2 Å². The van der Waals surface area contributed by atoms with E-state index in [0.29, 0.717) is 18.7 Å². The van der Waals surface area contributed by atoms with E-state index < -0.39 is 0 Å². The highest BCUT2D eigenvalue weighted by Gasteiger charge is 2.25. The minimum absolute atomic E-state index is 0.0243. The number of anilines is 1. The Hall–Kier alpha value is -2.90. The van der Waals surface area contributed by atoms with E-state index in [9.17, 15) is 4.79 Å². The Balaban J connectivity index is 1.44. The monoisotopic (exact) mass is 436 g/mol. The van der Waals surface area contributed by atoms with Crippen LogP contribution in [0.15, 0.2) is 59.6 Å². The average Bonchev–Trinajstić information content (AvgIpc) is 3.31. The molecule has 0 spiro atoms. The number of carbonyl (C=O) groups excluding carboxylic acids is 1. The van der Waals surface area contributed by atoms with E-state index in [4.69, 9.17) is 4.74 Å². The van der Waals surface area contributed by atoms with E-state index in [-0.39, 0.29) is 12.0 Å². The number of nitrogens with one attached hydrogen (secondary N) is 1. The molecule has 0 radical (unpaired) electrons. The molecule has 1 atom stereocenters. The average molecular weight is 437 g/mol. The molecule has 0 saturated heterocycles. The molecule has 0 fully saturated rings. The number of nitrogens with zero attached hydrogens (tertiary/aromatic N) is 3. The van der Waals surface area contributed by atoms with Gasteiger partial charge in [-0.1, -0.05) is 12.1 Å². The number of amides is 1. The van der Waals surface area contributed by atoms with Crippen molar-refractivity contribution in [3.05, 3.63) is 76.2 Å². The zero-order valence-corrected chi connectivity index (χ0v) is 18.8. The molecule has 1 unspecified atom stereocenters. The van der Waals surface area contributed by atoms with Crippen LogP contribution in [0.5, 0.6) is 5.75 Å². The van der Waals surface area contributed by atoms with Gasteiger partial charge in [0, 0.05) is 51.1 Å². The summed E-state index contributed by atoms with van der Waals surface area (Å²) in [5.74, 6) is 0.866. The SMILES string of the molecule is CNCCC(Oc1ccc(CN2CCN(C)c3ccncc3C2=O)cc1)c1ccsc1. The molecule has 3 heterocycles. The van der Waals surface area contributed by atoms with Crippen molar-refractivity contribution >= 4 is 22.9 Å². The molecular formula is C24H28N4O2S. The molecule has 2 aromatic heterocycles. The van der Waals surface area contributed by atoms with Crippen molar-refractivity contribution < 1.29 is 9.53 Å². The number of rotatable bonds is 8. The zero-order valence-electron chi connectivity index (χ0n) is 18.0. The van der Waals surface area contributed by atoms with Crippen molar-refractivity contribution in [2.45, 2.75) is 19.1 Å². The highest BCUT2D eigenvalue weighted by atomic mass is 32.1. The molecule has 1 aliphatic rings. The summed E-state index contributed by atoms with van der Waals surface area (Å²) in [6.07, 6.45) is 4.32. The van der Waals surface area contributed by atoms with Gasteiger partial charge in [0.1, 0.15) is 11.9 Å². The van der Waals surface area contributed by atoms with Crippen LogP contribution in [0.3, 0.4) is 0 Å². The first-order valence-electron chi connectivity index (χ1n) is 10.5. The molecule has 1 amide bonds. The fraction of sp³-hybridized carbons (Fsp3) is 0.333. The van der Waals surface area contributed by atoms with Crippen LogP contribution in [0.1, 0.15) is 34.0 Å². The standard InChI is InChI=1S/C24H28N4O2S/c1-25-10-8-23(19-9-14-31-17-19)30-20-5-3-18(4-6-20)16-28-13-12-27(2)22-7-11-26-15-21(22)24(28)29/h3-7,9,11,14-15,17,23,25H,8,10,12-13,16H2,1-2H3. The van der Waals surface area contributed by atoms with Crippen molar-refractivity contribution in [1.29, 1.82) is 0 Å². The van der Waals surface area contributed by atoms with Gasteiger partial charge >= 0.3 is 0 Å². The summed E-state index contributed by atoms with van der Waals surface area (Å²) in [6.45, 7) is 2.92. The lowest BCUT2D eigenvalue weighted by atomic mass is 10.1. The number of likely N-dealkylation sites (N-methyl/N-ethyl adjacent to an activating group) is 1. The molecule has 31 heavy (non-hydrogen) atoms. The Morgan fingerprint density at radius 1 is 1.19 bits per heavy atom. The lowest BCUT2D eigenvalue weighted by Gasteiger charge is -2.22. The lowest BCUT2D eigenvalue weighted by Crippen LogP contribution is -2.33. The van der Waals surface area contributed by atoms with E-state index in [1.54, 1.807) is 23.7 Å². The Morgan fingerprint density at radius 3 is 2.77 bits per heavy atom. The van der Waals surface area contributed by atoms with Crippen LogP contribution < -0.4 is 15.0 Å². The maximum Gasteiger partial charge on any atom is 0.257 e. The smallest absolute Gasteiger partial charge is 0.257 e. The van der Waals surface area contributed by atoms with Gasteiger partial charge in [0.25, 0.3) is 5.91 Å².